The van der Waals surface area contributed by atoms with Gasteiger partial charge in [0.1, 0.15) is 0 Å². The molecule has 0 heterocycles. The molecule has 0 radical (unpaired) electrons. The summed E-state index contributed by atoms with van der Waals surface area (Å²) in [5, 5.41) is 18.5. The average molecular weight is 416 g/mol. The molecule has 0 amide bonds. The minimum absolute atomic E-state index is 0.102. The van der Waals surface area contributed by atoms with E-state index in [1.165, 1.54) is 12.1 Å². The number of rotatable bonds is 6. The number of hydrogen-bond acceptors (Lipinski definition) is 3. The van der Waals surface area contributed by atoms with Crippen LogP contribution in [-0.2, 0) is 0 Å². The highest BCUT2D eigenvalue weighted by molar-refractivity contribution is 5.89. The van der Waals surface area contributed by atoms with E-state index < -0.39 is 5.97 Å². The second-order valence-electron chi connectivity index (χ2n) is 7.15. The van der Waals surface area contributed by atoms with Crippen LogP contribution in [0, 0.1) is 11.3 Å². The van der Waals surface area contributed by atoms with Crippen LogP contribution >= 0.6 is 0 Å². The Morgan fingerprint density at radius 1 is 0.750 bits per heavy atom. The first-order chi connectivity index (χ1) is 15.7. The van der Waals surface area contributed by atoms with Crippen molar-refractivity contribution >= 4 is 35.2 Å². The Labute approximate surface area is 186 Å². The van der Waals surface area contributed by atoms with E-state index in [1.54, 1.807) is 6.07 Å². The molecule has 0 atom stereocenters. The van der Waals surface area contributed by atoms with Crippen LogP contribution in [0.1, 0.15) is 27.0 Å². The lowest BCUT2D eigenvalue weighted by atomic mass is 10.0. The highest BCUT2D eigenvalue weighted by atomic mass is 16.4. The molecule has 1 N–H and O–H groups in total. The summed E-state index contributed by atoms with van der Waals surface area (Å²) in [5.41, 5.74) is 5.25. The zero-order valence-corrected chi connectivity index (χ0v) is 17.2. The fraction of sp³-hybridized carbons (Fsp3) is 0. The van der Waals surface area contributed by atoms with Gasteiger partial charge in [0, 0.05) is 17.1 Å². The highest BCUT2D eigenvalue weighted by Crippen LogP contribution is 2.34. The summed E-state index contributed by atoms with van der Waals surface area (Å²) in [4.78, 5) is 13.3. The molecule has 0 aliphatic heterocycles. The molecule has 0 saturated carbocycles. The van der Waals surface area contributed by atoms with Crippen LogP contribution in [-0.4, -0.2) is 11.1 Å². The van der Waals surface area contributed by atoms with Crippen LogP contribution in [0.4, 0.5) is 17.1 Å². The molecule has 154 valence electrons. The van der Waals surface area contributed by atoms with Crippen molar-refractivity contribution in [1.82, 2.24) is 0 Å². The van der Waals surface area contributed by atoms with E-state index in [2.05, 4.69) is 47.4 Å². The Morgan fingerprint density at radius 2 is 1.31 bits per heavy atom. The van der Waals surface area contributed by atoms with Crippen molar-refractivity contribution in [1.29, 1.82) is 5.26 Å². The smallest absolute Gasteiger partial charge is 0.335 e. The number of carboxylic acids is 1. The minimum atomic E-state index is -1.05. The number of carbonyl (C=O) groups is 1. The molecule has 0 saturated heterocycles. The van der Waals surface area contributed by atoms with Gasteiger partial charge < -0.3 is 10.0 Å². The van der Waals surface area contributed by atoms with E-state index in [-0.39, 0.29) is 5.56 Å². The fourth-order valence-corrected chi connectivity index (χ4v) is 3.45. The van der Waals surface area contributed by atoms with Crippen molar-refractivity contribution in [3.8, 4) is 6.07 Å². The maximum Gasteiger partial charge on any atom is 0.335 e. The Bertz CT molecular complexity index is 1250. The summed E-state index contributed by atoms with van der Waals surface area (Å²) in [6, 6.07) is 35.1. The number of benzene rings is 4. The molecular weight excluding hydrogens is 396 g/mol. The van der Waals surface area contributed by atoms with Crippen LogP contribution in [0.2, 0.25) is 0 Å². The number of nitrogens with zero attached hydrogens (tertiary/aromatic N) is 2. The van der Waals surface area contributed by atoms with Crippen LogP contribution < -0.4 is 4.90 Å². The topological polar surface area (TPSA) is 64.3 Å². The lowest BCUT2D eigenvalue weighted by molar-refractivity contribution is 0.0697. The number of para-hydroxylation sites is 2. The molecule has 0 aliphatic rings. The number of hydrogen-bond donors (Lipinski definition) is 1. The van der Waals surface area contributed by atoms with Gasteiger partial charge in [0.15, 0.2) is 0 Å². The summed E-state index contributed by atoms with van der Waals surface area (Å²) in [7, 11) is 0. The monoisotopic (exact) mass is 416 g/mol. The van der Waals surface area contributed by atoms with E-state index in [9.17, 15) is 10.1 Å². The zero-order chi connectivity index (χ0) is 22.3. The number of nitriles is 1. The lowest BCUT2D eigenvalue weighted by Crippen LogP contribution is -2.09. The minimum Gasteiger partial charge on any atom is -0.478 e. The third kappa shape index (κ3) is 4.58. The molecule has 4 aromatic rings. The van der Waals surface area contributed by atoms with Gasteiger partial charge in [-0.3, -0.25) is 0 Å². The quantitative estimate of drug-likeness (QED) is 0.347. The summed E-state index contributed by atoms with van der Waals surface area (Å²) >= 11 is 0. The maximum atomic E-state index is 11.1. The first-order valence-electron chi connectivity index (χ1n) is 10.1. The molecule has 0 aliphatic carbocycles. The molecule has 0 spiro atoms. The Kier molecular flexibility index (Phi) is 6.10. The van der Waals surface area contributed by atoms with Gasteiger partial charge in [0.2, 0.25) is 0 Å². The second-order valence-corrected chi connectivity index (χ2v) is 7.15. The fourth-order valence-electron chi connectivity index (χ4n) is 3.45. The second kappa shape index (κ2) is 9.46. The van der Waals surface area contributed by atoms with Crippen molar-refractivity contribution < 1.29 is 9.90 Å². The summed E-state index contributed by atoms with van der Waals surface area (Å²) in [6.07, 6.45) is 3.74. The van der Waals surface area contributed by atoms with Crippen molar-refractivity contribution in [3.63, 3.8) is 0 Å². The van der Waals surface area contributed by atoms with E-state index in [4.69, 9.17) is 5.11 Å². The Hall–Kier alpha value is -4.62. The van der Waals surface area contributed by atoms with Gasteiger partial charge in [0.05, 0.1) is 17.2 Å². The third-order valence-electron chi connectivity index (χ3n) is 5.06. The van der Waals surface area contributed by atoms with E-state index in [0.29, 0.717) is 11.1 Å². The SMILES string of the molecule is N#Cc1cc(C(=O)O)ccc1/C=C/c1ccc(N(c2ccccc2)c2ccccc2)cc1. The zero-order valence-electron chi connectivity index (χ0n) is 17.2. The summed E-state index contributed by atoms with van der Waals surface area (Å²) in [5.74, 6) is -1.05. The maximum absolute atomic E-state index is 11.1. The van der Waals surface area contributed by atoms with Gasteiger partial charge in [-0.15, -0.1) is 0 Å². The van der Waals surface area contributed by atoms with Gasteiger partial charge in [-0.05, 0) is 59.7 Å². The Morgan fingerprint density at radius 3 is 1.84 bits per heavy atom. The number of anilines is 3. The third-order valence-corrected chi connectivity index (χ3v) is 5.06. The first kappa shape index (κ1) is 20.6. The summed E-state index contributed by atoms with van der Waals surface area (Å²) in [6.45, 7) is 0. The number of aromatic carboxylic acids is 1. The molecule has 4 heteroatoms. The van der Waals surface area contributed by atoms with Gasteiger partial charge in [-0.2, -0.15) is 5.26 Å². The van der Waals surface area contributed by atoms with E-state index in [0.717, 1.165) is 22.6 Å². The van der Waals surface area contributed by atoms with E-state index in [1.807, 2.05) is 60.7 Å². The molecule has 0 fully saturated rings. The van der Waals surface area contributed by atoms with Crippen molar-refractivity contribution in [3.05, 3.63) is 125 Å². The molecule has 4 rings (SSSR count). The van der Waals surface area contributed by atoms with Gasteiger partial charge in [0.25, 0.3) is 0 Å². The standard InChI is InChI=1S/C28H20N2O2/c29-20-24-19-23(28(31)32)16-15-22(24)14-11-21-12-17-27(18-13-21)30(25-7-3-1-4-8-25)26-9-5-2-6-10-26/h1-19H,(H,31,32)/b14-11+. The van der Waals surface area contributed by atoms with Gasteiger partial charge >= 0.3 is 5.97 Å². The van der Waals surface area contributed by atoms with Gasteiger partial charge in [-0.1, -0.05) is 66.7 Å². The van der Waals surface area contributed by atoms with Crippen LogP contribution in [0.3, 0.4) is 0 Å². The normalized spacial score (nSPS) is 10.6. The summed E-state index contributed by atoms with van der Waals surface area (Å²) < 4.78 is 0. The Balaban J connectivity index is 1.62. The lowest BCUT2D eigenvalue weighted by Gasteiger charge is -2.25. The predicted molar refractivity (Wildman–Crippen MR) is 128 cm³/mol. The highest BCUT2D eigenvalue weighted by Gasteiger charge is 2.11. The molecule has 0 aromatic heterocycles. The largest absolute Gasteiger partial charge is 0.478 e. The van der Waals surface area contributed by atoms with Crippen LogP contribution in [0.5, 0.6) is 0 Å². The van der Waals surface area contributed by atoms with Crippen molar-refractivity contribution in [2.75, 3.05) is 4.90 Å². The predicted octanol–water partition coefficient (Wildman–Crippen LogP) is 6.90. The average Bonchev–Trinajstić information content (AvgIpc) is 2.85. The molecule has 0 bridgehead atoms. The first-order valence-corrected chi connectivity index (χ1v) is 10.1. The number of carboxylic acid groups (broad SMARTS) is 1. The molecular formula is C28H20N2O2. The van der Waals surface area contributed by atoms with Crippen LogP contribution in [0.15, 0.2) is 103 Å². The van der Waals surface area contributed by atoms with Crippen LogP contribution in [0.25, 0.3) is 12.2 Å². The molecule has 0 unspecified atom stereocenters. The molecule has 4 nitrogen and oxygen atoms in total. The molecule has 4 aromatic carbocycles. The van der Waals surface area contributed by atoms with Gasteiger partial charge in [-0.25, -0.2) is 4.79 Å². The van der Waals surface area contributed by atoms with Crippen molar-refractivity contribution in [2.45, 2.75) is 0 Å². The van der Waals surface area contributed by atoms with E-state index >= 15 is 0 Å². The van der Waals surface area contributed by atoms with Crippen molar-refractivity contribution in [2.24, 2.45) is 0 Å². The molecule has 32 heavy (non-hydrogen) atoms.